The second kappa shape index (κ2) is 7.53. The molecule has 0 spiro atoms. The highest BCUT2D eigenvalue weighted by atomic mass is 19.3. The van der Waals surface area contributed by atoms with Gasteiger partial charge in [0, 0.05) is 6.42 Å². The summed E-state index contributed by atoms with van der Waals surface area (Å²) in [5.41, 5.74) is 1.37. The second-order valence-electron chi connectivity index (χ2n) is 4.64. The van der Waals surface area contributed by atoms with Crippen molar-refractivity contribution in [3.8, 4) is 5.75 Å². The number of alkyl halides is 2. The van der Waals surface area contributed by atoms with Crippen LogP contribution in [0.5, 0.6) is 5.75 Å². The Morgan fingerprint density at radius 1 is 1.00 bits per heavy atom. The van der Waals surface area contributed by atoms with Crippen LogP contribution in [0.25, 0.3) is 0 Å². The molecule has 0 aliphatic heterocycles. The molecule has 0 radical (unpaired) electrons. The molecule has 0 heterocycles. The van der Waals surface area contributed by atoms with E-state index in [1.165, 1.54) is 12.1 Å². The van der Waals surface area contributed by atoms with E-state index in [1.54, 1.807) is 12.1 Å². The topological polar surface area (TPSA) is 26.3 Å². The van der Waals surface area contributed by atoms with E-state index >= 15 is 0 Å². The lowest BCUT2D eigenvalue weighted by Crippen LogP contribution is -2.08. The lowest BCUT2D eigenvalue weighted by Gasteiger charge is -2.09. The van der Waals surface area contributed by atoms with Crippen molar-refractivity contribution >= 4 is 5.78 Å². The predicted molar refractivity (Wildman–Crippen MR) is 76.8 cm³/mol. The van der Waals surface area contributed by atoms with Gasteiger partial charge in [0.1, 0.15) is 5.75 Å². The highest BCUT2D eigenvalue weighted by Gasteiger charge is 2.14. The van der Waals surface area contributed by atoms with E-state index in [1.807, 2.05) is 30.3 Å². The molecule has 0 fully saturated rings. The van der Waals surface area contributed by atoms with Crippen molar-refractivity contribution in [1.82, 2.24) is 0 Å². The van der Waals surface area contributed by atoms with E-state index in [0.29, 0.717) is 12.8 Å². The molecule has 0 N–H and O–H groups in total. The number of carbonyl (C=O) groups excluding carboxylic acids is 1. The van der Waals surface area contributed by atoms with Crippen LogP contribution in [0.4, 0.5) is 8.78 Å². The summed E-state index contributed by atoms with van der Waals surface area (Å²) >= 11 is 0. The van der Waals surface area contributed by atoms with E-state index in [0.717, 1.165) is 12.0 Å². The monoisotopic (exact) mass is 290 g/mol. The first-order chi connectivity index (χ1) is 10.2. The molecule has 110 valence electrons. The number of hydrogen-bond acceptors (Lipinski definition) is 2. The SMILES string of the molecule is O=C(CCCc1ccccc1)c1ccccc1OC(F)F. The van der Waals surface area contributed by atoms with Crippen LogP contribution >= 0.6 is 0 Å². The number of hydrogen-bond donors (Lipinski definition) is 0. The van der Waals surface area contributed by atoms with E-state index in [-0.39, 0.29) is 17.1 Å². The number of aryl methyl sites for hydroxylation is 1. The number of carbonyl (C=O) groups is 1. The van der Waals surface area contributed by atoms with Crippen LogP contribution in [0.3, 0.4) is 0 Å². The van der Waals surface area contributed by atoms with Gasteiger partial charge in [0.05, 0.1) is 5.56 Å². The largest absolute Gasteiger partial charge is 0.434 e. The molecular formula is C17H16F2O2. The number of Topliss-reactive ketones (excluding diaryl/α,β-unsaturated/α-hetero) is 1. The van der Waals surface area contributed by atoms with Gasteiger partial charge in [-0.1, -0.05) is 42.5 Å². The van der Waals surface area contributed by atoms with E-state index in [2.05, 4.69) is 4.74 Å². The molecule has 0 unspecified atom stereocenters. The number of rotatable bonds is 7. The van der Waals surface area contributed by atoms with E-state index < -0.39 is 6.61 Å². The Kier molecular flexibility index (Phi) is 5.43. The Hall–Kier alpha value is -2.23. The maximum atomic E-state index is 12.3. The molecule has 0 saturated carbocycles. The van der Waals surface area contributed by atoms with Crippen LogP contribution in [0.1, 0.15) is 28.8 Å². The van der Waals surface area contributed by atoms with Gasteiger partial charge >= 0.3 is 6.61 Å². The van der Waals surface area contributed by atoms with Crippen molar-refractivity contribution in [3.63, 3.8) is 0 Å². The minimum absolute atomic E-state index is 0.0581. The van der Waals surface area contributed by atoms with Crippen molar-refractivity contribution in [1.29, 1.82) is 0 Å². The molecule has 0 bridgehead atoms. The zero-order valence-corrected chi connectivity index (χ0v) is 11.5. The summed E-state index contributed by atoms with van der Waals surface area (Å²) in [7, 11) is 0. The van der Waals surface area contributed by atoms with Gasteiger partial charge < -0.3 is 4.74 Å². The quantitative estimate of drug-likeness (QED) is 0.702. The van der Waals surface area contributed by atoms with Crippen LogP contribution in [0, 0.1) is 0 Å². The third kappa shape index (κ3) is 4.67. The lowest BCUT2D eigenvalue weighted by molar-refractivity contribution is -0.0501. The van der Waals surface area contributed by atoms with Crippen LogP contribution in [-0.4, -0.2) is 12.4 Å². The molecule has 0 saturated heterocycles. The summed E-state index contributed by atoms with van der Waals surface area (Å²) in [6, 6.07) is 15.9. The van der Waals surface area contributed by atoms with Crippen molar-refractivity contribution in [2.75, 3.05) is 0 Å². The fourth-order valence-electron chi connectivity index (χ4n) is 2.13. The number of ketones is 1. The minimum Gasteiger partial charge on any atom is -0.434 e. The number of halogens is 2. The summed E-state index contributed by atoms with van der Waals surface area (Å²) in [6.07, 6.45) is 1.76. The summed E-state index contributed by atoms with van der Waals surface area (Å²) in [6.45, 7) is -2.93. The van der Waals surface area contributed by atoms with E-state index in [9.17, 15) is 13.6 Å². The molecule has 2 aromatic rings. The van der Waals surface area contributed by atoms with Crippen LogP contribution in [0.2, 0.25) is 0 Å². The molecule has 4 heteroatoms. The molecule has 0 amide bonds. The summed E-state index contributed by atoms with van der Waals surface area (Å²) in [5, 5.41) is 0. The fourth-order valence-corrected chi connectivity index (χ4v) is 2.13. The third-order valence-electron chi connectivity index (χ3n) is 3.12. The van der Waals surface area contributed by atoms with Gasteiger partial charge in [0.15, 0.2) is 5.78 Å². The first-order valence-corrected chi connectivity index (χ1v) is 6.78. The zero-order chi connectivity index (χ0) is 15.1. The van der Waals surface area contributed by atoms with Crippen molar-refractivity contribution < 1.29 is 18.3 Å². The molecule has 0 aliphatic carbocycles. The Morgan fingerprint density at radius 3 is 2.38 bits per heavy atom. The first kappa shape index (κ1) is 15.2. The normalized spacial score (nSPS) is 10.6. The Balaban J connectivity index is 1.94. The molecule has 0 atom stereocenters. The maximum absolute atomic E-state index is 12.3. The zero-order valence-electron chi connectivity index (χ0n) is 11.5. The highest BCUT2D eigenvalue weighted by Crippen LogP contribution is 2.22. The number of ether oxygens (including phenoxy) is 1. The Labute approximate surface area is 122 Å². The lowest BCUT2D eigenvalue weighted by atomic mass is 10.0. The predicted octanol–water partition coefficient (Wildman–Crippen LogP) is 4.49. The van der Waals surface area contributed by atoms with E-state index in [4.69, 9.17) is 0 Å². The van der Waals surface area contributed by atoms with Crippen LogP contribution < -0.4 is 4.74 Å². The van der Waals surface area contributed by atoms with Gasteiger partial charge in [0.2, 0.25) is 0 Å². The number of benzene rings is 2. The highest BCUT2D eigenvalue weighted by molar-refractivity contribution is 5.98. The fraction of sp³-hybridized carbons (Fsp3) is 0.235. The van der Waals surface area contributed by atoms with Crippen molar-refractivity contribution in [2.24, 2.45) is 0 Å². The van der Waals surface area contributed by atoms with Crippen LogP contribution in [0.15, 0.2) is 54.6 Å². The Morgan fingerprint density at radius 2 is 1.67 bits per heavy atom. The summed E-state index contributed by atoms with van der Waals surface area (Å²) < 4.78 is 29.0. The minimum atomic E-state index is -2.93. The summed E-state index contributed by atoms with van der Waals surface area (Å²) in [5.74, 6) is -0.237. The molecule has 0 aliphatic rings. The average Bonchev–Trinajstić information content (AvgIpc) is 2.48. The first-order valence-electron chi connectivity index (χ1n) is 6.78. The Bertz CT molecular complexity index is 582. The van der Waals surface area contributed by atoms with Crippen LogP contribution in [-0.2, 0) is 6.42 Å². The summed E-state index contributed by atoms with van der Waals surface area (Å²) in [4.78, 5) is 12.1. The molecule has 21 heavy (non-hydrogen) atoms. The van der Waals surface area contributed by atoms with Crippen molar-refractivity contribution in [2.45, 2.75) is 25.9 Å². The molecule has 2 nitrogen and oxygen atoms in total. The molecule has 0 aromatic heterocycles. The third-order valence-corrected chi connectivity index (χ3v) is 3.12. The standard InChI is InChI=1S/C17H16F2O2/c18-17(19)21-16-12-5-4-10-14(16)15(20)11-6-9-13-7-2-1-3-8-13/h1-5,7-8,10,12,17H,6,9,11H2. The van der Waals surface area contributed by atoms with Gasteiger partial charge in [-0.3, -0.25) is 4.79 Å². The smallest absolute Gasteiger partial charge is 0.387 e. The average molecular weight is 290 g/mol. The van der Waals surface area contributed by atoms with Gasteiger partial charge in [-0.05, 0) is 30.5 Å². The number of para-hydroxylation sites is 1. The van der Waals surface area contributed by atoms with Gasteiger partial charge in [-0.2, -0.15) is 8.78 Å². The molecular weight excluding hydrogens is 274 g/mol. The van der Waals surface area contributed by atoms with Gasteiger partial charge in [0.25, 0.3) is 0 Å². The maximum Gasteiger partial charge on any atom is 0.387 e. The molecule has 2 aromatic carbocycles. The van der Waals surface area contributed by atoms with Crippen molar-refractivity contribution in [3.05, 3.63) is 65.7 Å². The van der Waals surface area contributed by atoms with Gasteiger partial charge in [-0.25, -0.2) is 0 Å². The molecule has 2 rings (SSSR count). The van der Waals surface area contributed by atoms with Gasteiger partial charge in [-0.15, -0.1) is 0 Å². The second-order valence-corrected chi connectivity index (χ2v) is 4.64.